The number of hydrogen-bond donors (Lipinski definition) is 0. The monoisotopic (exact) mass is 459 g/mol. The average molecular weight is 460 g/mol. The highest BCUT2D eigenvalue weighted by Gasteiger charge is 2.35. The first-order valence-corrected chi connectivity index (χ1v) is 11.7. The minimum absolute atomic E-state index is 0.0500. The minimum Gasteiger partial charge on any atom is -0.492 e. The van der Waals surface area contributed by atoms with E-state index in [1.54, 1.807) is 0 Å². The number of nitrogens with zero attached hydrogens (tertiary/aromatic N) is 3. The number of amides is 1. The highest BCUT2D eigenvalue weighted by Crippen LogP contribution is 2.34. The number of halogens is 1. The SMILES string of the molecule is Cc1ccccc1N1CC(c2nc3ccccc3n2CCCOc2ccccc2Cl)CC1=O. The molecule has 33 heavy (non-hydrogen) atoms. The predicted molar refractivity (Wildman–Crippen MR) is 132 cm³/mol. The summed E-state index contributed by atoms with van der Waals surface area (Å²) in [6.45, 7) is 4.00. The molecule has 0 radical (unpaired) electrons. The van der Waals surface area contributed by atoms with E-state index in [1.165, 1.54) is 0 Å². The molecular formula is C27H26ClN3O2. The normalized spacial score (nSPS) is 16.0. The molecule has 1 fully saturated rings. The zero-order valence-electron chi connectivity index (χ0n) is 18.6. The number of fused-ring (bicyclic) bond motifs is 1. The number of imidazole rings is 1. The van der Waals surface area contributed by atoms with E-state index < -0.39 is 0 Å². The predicted octanol–water partition coefficient (Wildman–Crippen LogP) is 5.99. The maximum Gasteiger partial charge on any atom is 0.227 e. The van der Waals surface area contributed by atoms with Crippen LogP contribution in [-0.2, 0) is 11.3 Å². The molecule has 2 heterocycles. The molecule has 3 aromatic carbocycles. The fourth-order valence-electron chi connectivity index (χ4n) is 4.59. The largest absolute Gasteiger partial charge is 0.492 e. The summed E-state index contributed by atoms with van der Waals surface area (Å²) in [6, 6.07) is 23.7. The molecule has 168 valence electrons. The molecule has 6 heteroatoms. The van der Waals surface area contributed by atoms with Crippen LogP contribution in [0.25, 0.3) is 11.0 Å². The van der Waals surface area contributed by atoms with Crippen LogP contribution in [0, 0.1) is 6.92 Å². The van der Waals surface area contributed by atoms with Crippen molar-refractivity contribution in [1.29, 1.82) is 0 Å². The van der Waals surface area contributed by atoms with Crippen LogP contribution in [0.1, 0.15) is 30.1 Å². The molecule has 0 N–H and O–H groups in total. The molecule has 5 nitrogen and oxygen atoms in total. The molecule has 1 aromatic heterocycles. The molecule has 1 atom stereocenters. The van der Waals surface area contributed by atoms with Crippen molar-refractivity contribution in [3.8, 4) is 5.75 Å². The summed E-state index contributed by atoms with van der Waals surface area (Å²) in [4.78, 5) is 19.8. The molecule has 0 aliphatic carbocycles. The lowest BCUT2D eigenvalue weighted by Crippen LogP contribution is -2.25. The van der Waals surface area contributed by atoms with Crippen molar-refractivity contribution in [2.24, 2.45) is 0 Å². The van der Waals surface area contributed by atoms with Crippen molar-refractivity contribution in [2.45, 2.75) is 32.2 Å². The van der Waals surface area contributed by atoms with Crippen LogP contribution in [0.5, 0.6) is 5.75 Å². The summed E-state index contributed by atoms with van der Waals surface area (Å²) in [5.74, 6) is 1.87. The first-order valence-electron chi connectivity index (χ1n) is 11.3. The Bertz CT molecular complexity index is 1300. The number of aromatic nitrogens is 2. The zero-order chi connectivity index (χ0) is 22.8. The Morgan fingerprint density at radius 1 is 1.03 bits per heavy atom. The van der Waals surface area contributed by atoms with Gasteiger partial charge in [0.2, 0.25) is 5.91 Å². The Morgan fingerprint density at radius 2 is 1.79 bits per heavy atom. The molecule has 1 aliphatic heterocycles. The second-order valence-electron chi connectivity index (χ2n) is 8.43. The van der Waals surface area contributed by atoms with Crippen LogP contribution >= 0.6 is 11.6 Å². The van der Waals surface area contributed by atoms with Gasteiger partial charge in [0.15, 0.2) is 0 Å². The number of rotatable bonds is 7. The van der Waals surface area contributed by atoms with E-state index in [4.69, 9.17) is 21.3 Å². The van der Waals surface area contributed by atoms with Gasteiger partial charge in [-0.25, -0.2) is 4.98 Å². The second-order valence-corrected chi connectivity index (χ2v) is 8.84. The van der Waals surface area contributed by atoms with Gasteiger partial charge in [0, 0.05) is 31.1 Å². The van der Waals surface area contributed by atoms with E-state index >= 15 is 0 Å². The Kier molecular flexibility index (Phi) is 6.05. The van der Waals surface area contributed by atoms with Crippen molar-refractivity contribution in [3.63, 3.8) is 0 Å². The lowest BCUT2D eigenvalue weighted by atomic mass is 10.1. The Labute approximate surface area is 198 Å². The van der Waals surface area contributed by atoms with Gasteiger partial charge in [-0.1, -0.05) is 54.1 Å². The topological polar surface area (TPSA) is 47.4 Å². The van der Waals surface area contributed by atoms with Gasteiger partial charge in [-0.3, -0.25) is 4.79 Å². The molecule has 1 saturated heterocycles. The number of benzene rings is 3. The maximum atomic E-state index is 12.9. The third-order valence-electron chi connectivity index (χ3n) is 6.20. The van der Waals surface area contributed by atoms with E-state index in [0.717, 1.165) is 41.1 Å². The van der Waals surface area contributed by atoms with Crippen molar-refractivity contribution in [2.75, 3.05) is 18.1 Å². The summed E-state index contributed by atoms with van der Waals surface area (Å²) in [5.41, 5.74) is 4.14. The summed E-state index contributed by atoms with van der Waals surface area (Å²) < 4.78 is 8.14. The van der Waals surface area contributed by atoms with Crippen molar-refractivity contribution in [3.05, 3.63) is 89.2 Å². The van der Waals surface area contributed by atoms with Gasteiger partial charge >= 0.3 is 0 Å². The van der Waals surface area contributed by atoms with E-state index in [0.29, 0.717) is 30.3 Å². The number of para-hydroxylation sites is 4. The third-order valence-corrected chi connectivity index (χ3v) is 6.51. The zero-order valence-corrected chi connectivity index (χ0v) is 19.3. The molecule has 1 unspecified atom stereocenters. The summed E-state index contributed by atoms with van der Waals surface area (Å²) in [7, 11) is 0. The van der Waals surface area contributed by atoms with Gasteiger partial charge < -0.3 is 14.2 Å². The fraction of sp³-hybridized carbons (Fsp3) is 0.259. The van der Waals surface area contributed by atoms with Crippen molar-refractivity contribution < 1.29 is 9.53 Å². The molecule has 1 amide bonds. The van der Waals surface area contributed by atoms with E-state index in [1.807, 2.05) is 78.6 Å². The van der Waals surface area contributed by atoms with Crippen LogP contribution in [0.3, 0.4) is 0 Å². The Balaban J connectivity index is 1.36. The summed E-state index contributed by atoms with van der Waals surface area (Å²) in [5, 5.41) is 0.618. The lowest BCUT2D eigenvalue weighted by molar-refractivity contribution is -0.117. The quantitative estimate of drug-likeness (QED) is 0.319. The van der Waals surface area contributed by atoms with E-state index in [2.05, 4.69) is 10.6 Å². The standard InChI is InChI=1S/C27H26ClN3O2/c1-19-9-2-5-12-23(19)31-18-20(17-26(31)32)27-29-22-11-4-6-13-24(22)30(27)15-8-16-33-25-14-7-3-10-21(25)28/h2-7,9-14,20H,8,15-18H2,1H3. The number of ether oxygens (including phenoxy) is 1. The third kappa shape index (κ3) is 4.33. The first-order chi connectivity index (χ1) is 16.1. The maximum absolute atomic E-state index is 12.9. The molecule has 0 saturated carbocycles. The van der Waals surface area contributed by atoms with Crippen LogP contribution in [-0.4, -0.2) is 28.6 Å². The molecule has 1 aliphatic rings. The highest BCUT2D eigenvalue weighted by atomic mass is 35.5. The van der Waals surface area contributed by atoms with Gasteiger partial charge in [-0.2, -0.15) is 0 Å². The molecule has 0 bridgehead atoms. The van der Waals surface area contributed by atoms with Crippen LogP contribution in [0.15, 0.2) is 72.8 Å². The number of carbonyl (C=O) groups excluding carboxylic acids is 1. The molecule has 5 rings (SSSR count). The van der Waals surface area contributed by atoms with Gasteiger partial charge in [-0.15, -0.1) is 0 Å². The number of aryl methyl sites for hydroxylation is 2. The smallest absolute Gasteiger partial charge is 0.227 e. The van der Waals surface area contributed by atoms with Gasteiger partial charge in [-0.05, 0) is 49.2 Å². The fourth-order valence-corrected chi connectivity index (χ4v) is 4.78. The van der Waals surface area contributed by atoms with Crippen LogP contribution in [0.2, 0.25) is 5.02 Å². The van der Waals surface area contributed by atoms with Crippen LogP contribution in [0.4, 0.5) is 5.69 Å². The number of carbonyl (C=O) groups is 1. The minimum atomic E-state index is 0.0500. The number of hydrogen-bond acceptors (Lipinski definition) is 3. The van der Waals surface area contributed by atoms with Gasteiger partial charge in [0.1, 0.15) is 11.6 Å². The summed E-state index contributed by atoms with van der Waals surface area (Å²) in [6.07, 6.45) is 1.27. The van der Waals surface area contributed by atoms with Crippen LogP contribution < -0.4 is 9.64 Å². The van der Waals surface area contributed by atoms with Gasteiger partial charge in [0.25, 0.3) is 0 Å². The van der Waals surface area contributed by atoms with Gasteiger partial charge in [0.05, 0.1) is 22.7 Å². The Morgan fingerprint density at radius 3 is 2.64 bits per heavy atom. The Hall–Kier alpha value is -3.31. The first kappa shape index (κ1) is 21.5. The lowest BCUT2D eigenvalue weighted by Gasteiger charge is -2.19. The highest BCUT2D eigenvalue weighted by molar-refractivity contribution is 6.32. The number of anilines is 1. The molecular weight excluding hydrogens is 434 g/mol. The van der Waals surface area contributed by atoms with E-state index in [9.17, 15) is 4.79 Å². The second kappa shape index (κ2) is 9.28. The molecule has 0 spiro atoms. The average Bonchev–Trinajstić information content (AvgIpc) is 3.38. The molecule has 4 aromatic rings. The van der Waals surface area contributed by atoms with Crippen molar-refractivity contribution in [1.82, 2.24) is 9.55 Å². The van der Waals surface area contributed by atoms with Crippen molar-refractivity contribution >= 4 is 34.2 Å². The van der Waals surface area contributed by atoms with E-state index in [-0.39, 0.29) is 11.8 Å². The summed E-state index contributed by atoms with van der Waals surface area (Å²) >= 11 is 6.20.